The topological polar surface area (TPSA) is 71.3 Å². The molecule has 1 amide bonds. The van der Waals surface area contributed by atoms with Gasteiger partial charge in [-0.2, -0.15) is 0 Å². The molecule has 0 saturated heterocycles. The monoisotopic (exact) mass is 250 g/mol. The lowest BCUT2D eigenvalue weighted by atomic mass is 9.77. The lowest BCUT2D eigenvalue weighted by Crippen LogP contribution is -2.56. The van der Waals surface area contributed by atoms with Crippen molar-refractivity contribution in [2.45, 2.75) is 37.8 Å². The highest BCUT2D eigenvalue weighted by molar-refractivity contribution is 5.76. The van der Waals surface area contributed by atoms with Crippen LogP contribution in [0.4, 0.5) is 0 Å². The van der Waals surface area contributed by atoms with Crippen molar-refractivity contribution in [3.05, 3.63) is 34.7 Å². The third kappa shape index (κ3) is 2.79. The normalized spacial score (nSPS) is 16.9. The van der Waals surface area contributed by atoms with E-state index in [4.69, 9.17) is 0 Å². The predicted octanol–water partition coefficient (Wildman–Crippen LogP) is 0.270. The van der Waals surface area contributed by atoms with Gasteiger partial charge < -0.3 is 15.0 Å². The van der Waals surface area contributed by atoms with Gasteiger partial charge in [-0.3, -0.25) is 9.59 Å². The molecule has 5 heteroatoms. The summed E-state index contributed by atoms with van der Waals surface area (Å²) in [5, 5.41) is 12.1. The summed E-state index contributed by atoms with van der Waals surface area (Å²) < 4.78 is 1.51. The molecule has 18 heavy (non-hydrogen) atoms. The Bertz CT molecular complexity index is 472. The molecule has 1 saturated carbocycles. The first-order valence-corrected chi connectivity index (χ1v) is 6.23. The molecule has 0 aliphatic heterocycles. The molecule has 0 aromatic carbocycles. The van der Waals surface area contributed by atoms with Crippen LogP contribution in [0.15, 0.2) is 29.2 Å². The molecule has 0 unspecified atom stereocenters. The summed E-state index contributed by atoms with van der Waals surface area (Å²) in [5.74, 6) is -0.112. The van der Waals surface area contributed by atoms with Gasteiger partial charge in [-0.1, -0.05) is 6.07 Å². The number of hydrogen-bond donors (Lipinski definition) is 2. The summed E-state index contributed by atoms with van der Waals surface area (Å²) in [6, 6.07) is 4.91. The average Bonchev–Trinajstić information content (AvgIpc) is 2.33. The van der Waals surface area contributed by atoms with Gasteiger partial charge in [-0.15, -0.1) is 0 Å². The first kappa shape index (κ1) is 12.8. The second-order valence-electron chi connectivity index (χ2n) is 4.82. The Labute approximate surface area is 105 Å². The number of aryl methyl sites for hydroxylation is 1. The Balaban J connectivity index is 1.85. The number of carbonyl (C=O) groups excluding carboxylic acids is 1. The van der Waals surface area contributed by atoms with Crippen LogP contribution in [0.2, 0.25) is 0 Å². The number of carbonyl (C=O) groups is 1. The van der Waals surface area contributed by atoms with Crippen molar-refractivity contribution in [1.82, 2.24) is 9.88 Å². The summed E-state index contributed by atoms with van der Waals surface area (Å²) in [6.07, 6.45) is 4.63. The lowest BCUT2D eigenvalue weighted by molar-refractivity contribution is -0.125. The number of rotatable bonds is 5. The smallest absolute Gasteiger partial charge is 0.250 e. The fraction of sp³-hybridized carbons (Fsp3) is 0.538. The number of aromatic nitrogens is 1. The quantitative estimate of drug-likeness (QED) is 0.788. The van der Waals surface area contributed by atoms with Gasteiger partial charge in [0.05, 0.1) is 12.1 Å². The maximum absolute atomic E-state index is 11.8. The third-order valence-corrected chi connectivity index (χ3v) is 3.50. The maximum Gasteiger partial charge on any atom is 0.250 e. The molecule has 5 nitrogen and oxygen atoms in total. The molecule has 0 spiro atoms. The van der Waals surface area contributed by atoms with Gasteiger partial charge in [0.2, 0.25) is 5.91 Å². The zero-order valence-corrected chi connectivity index (χ0v) is 10.3. The second-order valence-corrected chi connectivity index (χ2v) is 4.82. The largest absolute Gasteiger partial charge is 0.394 e. The molecule has 1 aliphatic carbocycles. The Hall–Kier alpha value is -1.62. The zero-order chi connectivity index (χ0) is 13.0. The van der Waals surface area contributed by atoms with E-state index in [0.717, 1.165) is 19.3 Å². The van der Waals surface area contributed by atoms with Crippen LogP contribution in [0, 0.1) is 0 Å². The lowest BCUT2D eigenvalue weighted by Gasteiger charge is -2.41. The summed E-state index contributed by atoms with van der Waals surface area (Å²) in [4.78, 5) is 23.2. The van der Waals surface area contributed by atoms with Crippen molar-refractivity contribution in [2.75, 3.05) is 6.61 Å². The average molecular weight is 250 g/mol. The maximum atomic E-state index is 11.8. The second kappa shape index (κ2) is 5.35. The van der Waals surface area contributed by atoms with E-state index in [1.165, 1.54) is 10.6 Å². The number of pyridine rings is 1. The van der Waals surface area contributed by atoms with Crippen molar-refractivity contribution in [2.24, 2.45) is 0 Å². The van der Waals surface area contributed by atoms with E-state index in [1.54, 1.807) is 18.3 Å². The highest BCUT2D eigenvalue weighted by Gasteiger charge is 2.37. The molecule has 1 aromatic rings. The summed E-state index contributed by atoms with van der Waals surface area (Å²) >= 11 is 0. The SMILES string of the molecule is O=C(CCn1ccccc1=O)NC1(CO)CCC1. The van der Waals surface area contributed by atoms with E-state index < -0.39 is 5.54 Å². The fourth-order valence-corrected chi connectivity index (χ4v) is 2.15. The molecule has 0 radical (unpaired) electrons. The standard InChI is InChI=1S/C13H18N2O3/c16-10-13(6-3-7-13)14-11(17)5-9-15-8-2-1-4-12(15)18/h1-2,4,8,16H,3,5-7,9-10H2,(H,14,17). The Morgan fingerprint density at radius 2 is 2.22 bits per heavy atom. The van der Waals surface area contributed by atoms with Gasteiger partial charge >= 0.3 is 0 Å². The fourth-order valence-electron chi connectivity index (χ4n) is 2.15. The summed E-state index contributed by atoms with van der Waals surface area (Å²) in [6.45, 7) is 0.358. The molecule has 2 rings (SSSR count). The van der Waals surface area contributed by atoms with E-state index in [0.29, 0.717) is 6.54 Å². The van der Waals surface area contributed by atoms with Crippen LogP contribution >= 0.6 is 0 Å². The number of amides is 1. The molecule has 98 valence electrons. The van der Waals surface area contributed by atoms with E-state index >= 15 is 0 Å². The van der Waals surface area contributed by atoms with Gasteiger partial charge in [0.1, 0.15) is 0 Å². The van der Waals surface area contributed by atoms with Crippen molar-refractivity contribution in [1.29, 1.82) is 0 Å². The highest BCUT2D eigenvalue weighted by Crippen LogP contribution is 2.31. The van der Waals surface area contributed by atoms with Crippen LogP contribution in [0.25, 0.3) is 0 Å². The van der Waals surface area contributed by atoms with E-state index in [1.807, 2.05) is 0 Å². The van der Waals surface area contributed by atoms with Crippen LogP contribution in [-0.2, 0) is 11.3 Å². The number of aliphatic hydroxyl groups excluding tert-OH is 1. The minimum Gasteiger partial charge on any atom is -0.394 e. The van der Waals surface area contributed by atoms with Crippen LogP contribution < -0.4 is 10.9 Å². The molecule has 1 heterocycles. The Kier molecular flexibility index (Phi) is 3.81. The third-order valence-electron chi connectivity index (χ3n) is 3.50. The Morgan fingerprint density at radius 1 is 1.44 bits per heavy atom. The number of hydrogen-bond acceptors (Lipinski definition) is 3. The molecule has 1 fully saturated rings. The van der Waals surface area contributed by atoms with E-state index in [9.17, 15) is 14.7 Å². The first-order chi connectivity index (χ1) is 8.65. The Morgan fingerprint density at radius 3 is 2.78 bits per heavy atom. The number of aliphatic hydroxyl groups is 1. The van der Waals surface area contributed by atoms with Crippen molar-refractivity contribution in [3.63, 3.8) is 0 Å². The molecular formula is C13H18N2O3. The number of nitrogens with zero attached hydrogens (tertiary/aromatic N) is 1. The summed E-state index contributed by atoms with van der Waals surface area (Å²) in [5.41, 5.74) is -0.510. The summed E-state index contributed by atoms with van der Waals surface area (Å²) in [7, 11) is 0. The molecule has 2 N–H and O–H groups in total. The van der Waals surface area contributed by atoms with Crippen molar-refractivity contribution < 1.29 is 9.90 Å². The van der Waals surface area contributed by atoms with Gasteiger partial charge in [0.15, 0.2) is 0 Å². The van der Waals surface area contributed by atoms with E-state index in [-0.39, 0.29) is 24.5 Å². The molecule has 0 atom stereocenters. The van der Waals surface area contributed by atoms with Gasteiger partial charge in [0, 0.05) is 25.2 Å². The highest BCUT2D eigenvalue weighted by atomic mass is 16.3. The van der Waals surface area contributed by atoms with Gasteiger partial charge in [0.25, 0.3) is 5.56 Å². The molecule has 1 aromatic heterocycles. The first-order valence-electron chi connectivity index (χ1n) is 6.23. The molecule has 0 bridgehead atoms. The molecular weight excluding hydrogens is 232 g/mol. The van der Waals surface area contributed by atoms with Crippen LogP contribution in [0.3, 0.4) is 0 Å². The van der Waals surface area contributed by atoms with Crippen LogP contribution in [0.5, 0.6) is 0 Å². The number of nitrogens with one attached hydrogen (secondary N) is 1. The zero-order valence-electron chi connectivity index (χ0n) is 10.3. The predicted molar refractivity (Wildman–Crippen MR) is 67.1 cm³/mol. The van der Waals surface area contributed by atoms with E-state index in [2.05, 4.69) is 5.32 Å². The van der Waals surface area contributed by atoms with Crippen LogP contribution in [-0.4, -0.2) is 27.7 Å². The minimum atomic E-state index is -0.404. The van der Waals surface area contributed by atoms with Crippen molar-refractivity contribution >= 4 is 5.91 Å². The minimum absolute atomic E-state index is 0.00990. The van der Waals surface area contributed by atoms with Gasteiger partial charge in [-0.25, -0.2) is 0 Å². The van der Waals surface area contributed by atoms with Crippen molar-refractivity contribution in [3.8, 4) is 0 Å². The molecule has 1 aliphatic rings. The van der Waals surface area contributed by atoms with Gasteiger partial charge in [-0.05, 0) is 25.3 Å². The van der Waals surface area contributed by atoms with Crippen LogP contribution in [0.1, 0.15) is 25.7 Å².